The Balaban J connectivity index is 1.37. The van der Waals surface area contributed by atoms with Crippen LogP contribution < -0.4 is 0 Å². The number of aliphatic carboxylic acids is 1. The van der Waals surface area contributed by atoms with Crippen molar-refractivity contribution in [3.8, 4) is 0 Å². The van der Waals surface area contributed by atoms with Crippen LogP contribution in [0.5, 0.6) is 0 Å². The van der Waals surface area contributed by atoms with Gasteiger partial charge in [0.1, 0.15) is 5.65 Å². The van der Waals surface area contributed by atoms with Crippen molar-refractivity contribution in [2.24, 2.45) is 11.8 Å². The van der Waals surface area contributed by atoms with Gasteiger partial charge in [-0.1, -0.05) is 23.2 Å². The largest absolute Gasteiger partial charge is 0.481 e. The monoisotopic (exact) mass is 499 g/mol. The number of pyridine rings is 1. The maximum Gasteiger partial charge on any atom is 0.306 e. The van der Waals surface area contributed by atoms with E-state index in [1.807, 2.05) is 23.1 Å². The summed E-state index contributed by atoms with van der Waals surface area (Å²) in [6, 6.07) is 9.59. The zero-order valence-electron chi connectivity index (χ0n) is 18.8. The van der Waals surface area contributed by atoms with E-state index in [1.54, 1.807) is 12.3 Å². The number of aromatic nitrogens is 2. The summed E-state index contributed by atoms with van der Waals surface area (Å²) in [7, 11) is 0. The molecule has 0 radical (unpaired) electrons. The summed E-state index contributed by atoms with van der Waals surface area (Å²) >= 11 is 12.5. The van der Waals surface area contributed by atoms with Crippen LogP contribution in [0.25, 0.3) is 11.0 Å². The van der Waals surface area contributed by atoms with Gasteiger partial charge in [0, 0.05) is 46.8 Å². The first-order chi connectivity index (χ1) is 16.4. The molecule has 1 aliphatic heterocycles. The zero-order chi connectivity index (χ0) is 23.8. The molecule has 1 N–H and O–H groups in total. The number of benzene rings is 1. The van der Waals surface area contributed by atoms with Gasteiger partial charge in [0.25, 0.3) is 0 Å². The second-order valence-electron chi connectivity index (χ2n) is 9.49. The molecule has 34 heavy (non-hydrogen) atoms. The molecule has 6 nitrogen and oxygen atoms in total. The molecule has 1 aliphatic carbocycles. The predicted molar refractivity (Wildman–Crippen MR) is 132 cm³/mol. The van der Waals surface area contributed by atoms with E-state index >= 15 is 0 Å². The number of carboxylic acid groups (broad SMARTS) is 1. The van der Waals surface area contributed by atoms with Gasteiger partial charge in [-0.05, 0) is 79.5 Å². The summed E-state index contributed by atoms with van der Waals surface area (Å²) in [6.07, 6.45) is 6.02. The molecule has 3 aromatic rings. The molecule has 2 aliphatic rings. The molecule has 0 bridgehead atoms. The molecule has 5 rings (SSSR count). The number of nitrogens with zero attached hydrogens (tertiary/aromatic N) is 3. The summed E-state index contributed by atoms with van der Waals surface area (Å²) in [6.45, 7) is 1.81. The smallest absolute Gasteiger partial charge is 0.306 e. The van der Waals surface area contributed by atoms with Crippen LogP contribution >= 0.6 is 23.2 Å². The van der Waals surface area contributed by atoms with Crippen molar-refractivity contribution in [1.29, 1.82) is 0 Å². The lowest BCUT2D eigenvalue weighted by Crippen LogP contribution is -2.38. The minimum absolute atomic E-state index is 0.153. The molecule has 1 saturated carbocycles. The van der Waals surface area contributed by atoms with Crippen LogP contribution in [0.4, 0.5) is 0 Å². The summed E-state index contributed by atoms with van der Waals surface area (Å²) < 4.78 is 2.18. The highest BCUT2D eigenvalue weighted by Crippen LogP contribution is 2.34. The third-order valence-corrected chi connectivity index (χ3v) is 7.73. The highest BCUT2D eigenvalue weighted by atomic mass is 35.5. The van der Waals surface area contributed by atoms with Gasteiger partial charge in [-0.25, -0.2) is 4.98 Å². The minimum atomic E-state index is -0.712. The molecule has 1 amide bonds. The van der Waals surface area contributed by atoms with Crippen molar-refractivity contribution in [1.82, 2.24) is 14.5 Å². The quantitative estimate of drug-likeness (QED) is 0.498. The Kier molecular flexibility index (Phi) is 6.54. The lowest BCUT2D eigenvalue weighted by atomic mass is 9.80. The van der Waals surface area contributed by atoms with Crippen molar-refractivity contribution in [3.05, 3.63) is 63.4 Å². The van der Waals surface area contributed by atoms with E-state index < -0.39 is 5.97 Å². The van der Waals surface area contributed by atoms with Gasteiger partial charge in [0.05, 0.1) is 12.5 Å². The van der Waals surface area contributed by atoms with Crippen molar-refractivity contribution < 1.29 is 14.7 Å². The molecule has 2 aromatic heterocycles. The molecular formula is C26H27Cl2N3O3. The second kappa shape index (κ2) is 9.59. The Morgan fingerprint density at radius 3 is 2.53 bits per heavy atom. The van der Waals surface area contributed by atoms with Crippen LogP contribution in [0.15, 0.2) is 36.5 Å². The van der Waals surface area contributed by atoms with E-state index in [-0.39, 0.29) is 17.7 Å². The standard InChI is InChI=1S/C26H27Cl2N3O3/c27-19-10-17(11-20(28)13-19)14-31-23-15-30(9-7-21(23)22-2-1-8-29-25(22)31)24(32)12-16-3-5-18(6-4-16)26(33)34/h1-2,8,10-11,13,16,18H,3-7,9,12,14-15H2,(H,33,34)/t16-,18+. The molecule has 0 unspecified atom stereocenters. The molecule has 0 spiro atoms. The molecule has 178 valence electrons. The summed E-state index contributed by atoms with van der Waals surface area (Å²) in [5.41, 5.74) is 4.26. The molecule has 1 fully saturated rings. The highest BCUT2D eigenvalue weighted by Gasteiger charge is 2.31. The number of carbonyl (C=O) groups excluding carboxylic acids is 1. The molecule has 0 atom stereocenters. The number of halogens is 2. The third-order valence-electron chi connectivity index (χ3n) is 7.29. The van der Waals surface area contributed by atoms with E-state index in [0.717, 1.165) is 41.6 Å². The summed E-state index contributed by atoms with van der Waals surface area (Å²) in [5.74, 6) is -0.548. The number of hydrogen-bond donors (Lipinski definition) is 1. The SMILES string of the molecule is O=C(C[C@H]1CC[C@@H](C(=O)O)CC1)N1CCc2c(n(Cc3cc(Cl)cc(Cl)c3)c3ncccc23)C1. The van der Waals surface area contributed by atoms with Gasteiger partial charge in [-0.3, -0.25) is 9.59 Å². The van der Waals surface area contributed by atoms with Crippen LogP contribution in [0.2, 0.25) is 10.0 Å². The predicted octanol–water partition coefficient (Wildman–Crippen LogP) is 5.56. The maximum absolute atomic E-state index is 13.2. The zero-order valence-corrected chi connectivity index (χ0v) is 20.4. The first-order valence-electron chi connectivity index (χ1n) is 11.8. The number of carbonyl (C=O) groups is 2. The Hall–Kier alpha value is -2.57. The average Bonchev–Trinajstić information content (AvgIpc) is 3.12. The van der Waals surface area contributed by atoms with Gasteiger partial charge >= 0.3 is 5.97 Å². The van der Waals surface area contributed by atoms with Gasteiger partial charge < -0.3 is 14.6 Å². The van der Waals surface area contributed by atoms with Crippen molar-refractivity contribution in [2.75, 3.05) is 6.54 Å². The van der Waals surface area contributed by atoms with Crippen LogP contribution in [0, 0.1) is 11.8 Å². The topological polar surface area (TPSA) is 75.4 Å². The Morgan fingerprint density at radius 2 is 1.82 bits per heavy atom. The van der Waals surface area contributed by atoms with E-state index in [1.165, 1.54) is 5.56 Å². The fourth-order valence-corrected chi connectivity index (χ4v) is 6.09. The fraction of sp³-hybridized carbons (Fsp3) is 0.423. The first-order valence-corrected chi connectivity index (χ1v) is 12.5. The second-order valence-corrected chi connectivity index (χ2v) is 10.4. The Bertz CT molecular complexity index is 1230. The summed E-state index contributed by atoms with van der Waals surface area (Å²) in [4.78, 5) is 31.0. The van der Waals surface area contributed by atoms with E-state index in [4.69, 9.17) is 23.2 Å². The maximum atomic E-state index is 13.2. The fourth-order valence-electron chi connectivity index (χ4n) is 5.52. The lowest BCUT2D eigenvalue weighted by molar-refractivity contribution is -0.143. The Morgan fingerprint density at radius 1 is 1.09 bits per heavy atom. The molecular weight excluding hydrogens is 473 g/mol. The summed E-state index contributed by atoms with van der Waals surface area (Å²) in [5, 5.41) is 11.5. The normalized spacial score (nSPS) is 20.4. The van der Waals surface area contributed by atoms with Crippen LogP contribution in [0.3, 0.4) is 0 Å². The number of amides is 1. The Labute approximate surface area is 208 Å². The molecule has 1 aromatic carbocycles. The number of carboxylic acids is 1. The van der Waals surface area contributed by atoms with E-state index in [2.05, 4.69) is 15.6 Å². The first kappa shape index (κ1) is 23.2. The van der Waals surface area contributed by atoms with Crippen LogP contribution in [0.1, 0.15) is 48.9 Å². The molecule has 8 heteroatoms. The number of fused-ring (bicyclic) bond motifs is 3. The minimum Gasteiger partial charge on any atom is -0.481 e. The van der Waals surface area contributed by atoms with Gasteiger partial charge in [-0.15, -0.1) is 0 Å². The third kappa shape index (κ3) is 4.66. The average molecular weight is 500 g/mol. The van der Waals surface area contributed by atoms with Gasteiger partial charge in [0.2, 0.25) is 5.91 Å². The van der Waals surface area contributed by atoms with Crippen molar-refractivity contribution >= 4 is 46.1 Å². The van der Waals surface area contributed by atoms with Gasteiger partial charge in [0.15, 0.2) is 0 Å². The lowest BCUT2D eigenvalue weighted by Gasteiger charge is -2.31. The van der Waals surface area contributed by atoms with Crippen molar-refractivity contribution in [2.45, 2.75) is 51.6 Å². The number of rotatable bonds is 5. The van der Waals surface area contributed by atoms with Gasteiger partial charge in [-0.2, -0.15) is 0 Å². The van der Waals surface area contributed by atoms with Crippen LogP contribution in [-0.4, -0.2) is 38.0 Å². The molecule has 3 heterocycles. The number of hydrogen-bond acceptors (Lipinski definition) is 3. The van der Waals surface area contributed by atoms with Crippen molar-refractivity contribution in [3.63, 3.8) is 0 Å². The van der Waals surface area contributed by atoms with E-state index in [0.29, 0.717) is 48.9 Å². The van der Waals surface area contributed by atoms with E-state index in [9.17, 15) is 14.7 Å². The van der Waals surface area contributed by atoms with Crippen LogP contribution in [-0.2, 0) is 29.1 Å². The highest BCUT2D eigenvalue weighted by molar-refractivity contribution is 6.34. The molecule has 0 saturated heterocycles.